The Kier molecular flexibility index (Phi) is 3.88. The molecular weight excluding hydrogens is 266 g/mol. The van der Waals surface area contributed by atoms with Crippen LogP contribution < -0.4 is 4.90 Å². The molecule has 1 nitrogen and oxygen atoms in total. The molecule has 0 amide bonds. The molecule has 1 saturated heterocycles. The van der Waals surface area contributed by atoms with Gasteiger partial charge in [-0.1, -0.05) is 55.0 Å². The maximum Gasteiger partial charge on any atom is 0.0366 e. The summed E-state index contributed by atoms with van der Waals surface area (Å²) in [5, 5.41) is 0. The number of hydrogen-bond acceptors (Lipinski definition) is 1. The van der Waals surface area contributed by atoms with Crippen LogP contribution in [0.1, 0.15) is 24.8 Å². The van der Waals surface area contributed by atoms with E-state index in [1.54, 1.807) is 0 Å². The van der Waals surface area contributed by atoms with Crippen molar-refractivity contribution >= 4 is 5.69 Å². The van der Waals surface area contributed by atoms with E-state index in [0.717, 1.165) is 17.8 Å². The second-order valence-corrected chi connectivity index (χ2v) is 7.05. The Bertz CT molecular complexity index is 578. The van der Waals surface area contributed by atoms with Gasteiger partial charge in [-0.15, -0.1) is 0 Å². The zero-order valence-electron chi connectivity index (χ0n) is 13.2. The number of piperidine rings is 1. The van der Waals surface area contributed by atoms with Crippen molar-refractivity contribution < 1.29 is 0 Å². The summed E-state index contributed by atoms with van der Waals surface area (Å²) in [6.07, 6.45) is 5.54. The lowest BCUT2D eigenvalue weighted by Crippen LogP contribution is -2.49. The van der Waals surface area contributed by atoms with Crippen LogP contribution in [0.3, 0.4) is 0 Å². The molecule has 3 atom stereocenters. The highest BCUT2D eigenvalue weighted by Crippen LogP contribution is 2.42. The van der Waals surface area contributed by atoms with E-state index in [9.17, 15) is 0 Å². The minimum atomic E-state index is 0.868. The quantitative estimate of drug-likeness (QED) is 0.786. The summed E-state index contributed by atoms with van der Waals surface area (Å²) in [5.41, 5.74) is 2.94. The molecule has 1 aliphatic carbocycles. The van der Waals surface area contributed by atoms with E-state index in [0.29, 0.717) is 0 Å². The molecule has 1 saturated carbocycles. The fourth-order valence-corrected chi connectivity index (χ4v) is 4.62. The molecule has 2 aliphatic rings. The lowest BCUT2D eigenvalue weighted by molar-refractivity contribution is 0.126. The summed E-state index contributed by atoms with van der Waals surface area (Å²) in [6, 6.07) is 22.1. The Labute approximate surface area is 134 Å². The third kappa shape index (κ3) is 2.77. The van der Waals surface area contributed by atoms with Gasteiger partial charge in [0, 0.05) is 18.8 Å². The zero-order valence-corrected chi connectivity index (χ0v) is 13.2. The van der Waals surface area contributed by atoms with Gasteiger partial charge in [-0.25, -0.2) is 0 Å². The van der Waals surface area contributed by atoms with E-state index in [2.05, 4.69) is 65.6 Å². The first kappa shape index (κ1) is 13.9. The van der Waals surface area contributed by atoms with Crippen molar-refractivity contribution in [3.8, 4) is 0 Å². The van der Waals surface area contributed by atoms with E-state index in [4.69, 9.17) is 0 Å². The molecule has 2 fully saturated rings. The van der Waals surface area contributed by atoms with Crippen LogP contribution in [-0.4, -0.2) is 13.1 Å². The molecule has 1 heterocycles. The Morgan fingerprint density at radius 2 is 1.36 bits per heavy atom. The number of hydrogen-bond donors (Lipinski definition) is 0. The number of anilines is 1. The molecule has 2 unspecified atom stereocenters. The van der Waals surface area contributed by atoms with E-state index in [1.165, 1.54) is 50.0 Å². The monoisotopic (exact) mass is 291 g/mol. The van der Waals surface area contributed by atoms with Crippen molar-refractivity contribution in [3.63, 3.8) is 0 Å². The third-order valence-electron chi connectivity index (χ3n) is 5.71. The van der Waals surface area contributed by atoms with Crippen LogP contribution >= 0.6 is 0 Å². The lowest BCUT2D eigenvalue weighted by atomic mass is 9.67. The predicted molar refractivity (Wildman–Crippen MR) is 93.1 cm³/mol. The van der Waals surface area contributed by atoms with Gasteiger partial charge in [0.2, 0.25) is 0 Å². The van der Waals surface area contributed by atoms with E-state index < -0.39 is 0 Å². The average Bonchev–Trinajstić information content (AvgIpc) is 2.56. The highest BCUT2D eigenvalue weighted by atomic mass is 15.1. The van der Waals surface area contributed by atoms with Crippen LogP contribution in [0.4, 0.5) is 5.69 Å². The van der Waals surface area contributed by atoms with E-state index >= 15 is 0 Å². The van der Waals surface area contributed by atoms with Crippen LogP contribution in [0, 0.1) is 17.8 Å². The molecule has 4 rings (SSSR count). The fraction of sp³-hybridized carbons (Fsp3) is 0.429. The van der Waals surface area contributed by atoms with Crippen LogP contribution in [0.5, 0.6) is 0 Å². The summed E-state index contributed by atoms with van der Waals surface area (Å²) < 4.78 is 0. The van der Waals surface area contributed by atoms with Crippen LogP contribution in [0.15, 0.2) is 60.7 Å². The topological polar surface area (TPSA) is 3.24 Å². The van der Waals surface area contributed by atoms with Gasteiger partial charge in [-0.05, 0) is 54.7 Å². The molecular formula is C21H25N. The molecule has 2 aromatic carbocycles. The minimum absolute atomic E-state index is 0.868. The SMILES string of the molecule is c1ccc(CC2C3CCC[C@@H]2CN(c2ccccc2)C3)cc1. The van der Waals surface area contributed by atoms with Gasteiger partial charge in [0.25, 0.3) is 0 Å². The Balaban J connectivity index is 1.52. The number of para-hydroxylation sites is 1. The van der Waals surface area contributed by atoms with Crippen LogP contribution in [0.2, 0.25) is 0 Å². The average molecular weight is 291 g/mol. The van der Waals surface area contributed by atoms with Crippen LogP contribution in [-0.2, 0) is 6.42 Å². The first-order chi connectivity index (χ1) is 10.9. The van der Waals surface area contributed by atoms with Crippen molar-refractivity contribution in [2.75, 3.05) is 18.0 Å². The summed E-state index contributed by atoms with van der Waals surface area (Å²) in [7, 11) is 0. The highest BCUT2D eigenvalue weighted by Gasteiger charge is 2.39. The second-order valence-electron chi connectivity index (χ2n) is 7.05. The zero-order chi connectivity index (χ0) is 14.8. The Morgan fingerprint density at radius 1 is 0.773 bits per heavy atom. The van der Waals surface area contributed by atoms with Gasteiger partial charge in [0.05, 0.1) is 0 Å². The smallest absolute Gasteiger partial charge is 0.0366 e. The third-order valence-corrected chi connectivity index (χ3v) is 5.71. The number of rotatable bonds is 3. The standard InChI is InChI=1S/C21H25N/c1-3-8-17(9-4-1)14-21-18-10-7-11-19(21)16-22(15-18)20-12-5-2-6-13-20/h1-6,8-9,12-13,18-19,21H,7,10-11,14-16H2/t18-,19?,21?/m1/s1. The summed E-state index contributed by atoms with van der Waals surface area (Å²) in [5.74, 6) is 2.62. The Morgan fingerprint density at radius 3 is 2.00 bits per heavy atom. The number of benzene rings is 2. The lowest BCUT2D eigenvalue weighted by Gasteiger charge is -2.48. The molecule has 114 valence electrons. The Hall–Kier alpha value is -1.76. The molecule has 2 bridgehead atoms. The first-order valence-corrected chi connectivity index (χ1v) is 8.74. The molecule has 1 heteroatoms. The number of nitrogens with zero attached hydrogens (tertiary/aromatic N) is 1. The van der Waals surface area contributed by atoms with Crippen molar-refractivity contribution in [1.82, 2.24) is 0 Å². The van der Waals surface area contributed by atoms with Crippen molar-refractivity contribution in [2.45, 2.75) is 25.7 Å². The molecule has 2 aromatic rings. The van der Waals surface area contributed by atoms with Gasteiger partial charge in [0.1, 0.15) is 0 Å². The van der Waals surface area contributed by atoms with E-state index in [-0.39, 0.29) is 0 Å². The molecule has 0 spiro atoms. The molecule has 22 heavy (non-hydrogen) atoms. The van der Waals surface area contributed by atoms with Gasteiger partial charge in [-0.2, -0.15) is 0 Å². The molecule has 1 aliphatic heterocycles. The van der Waals surface area contributed by atoms with Crippen molar-refractivity contribution in [1.29, 1.82) is 0 Å². The normalized spacial score (nSPS) is 27.6. The molecule has 0 radical (unpaired) electrons. The maximum atomic E-state index is 2.63. The second kappa shape index (κ2) is 6.16. The maximum absolute atomic E-state index is 2.63. The van der Waals surface area contributed by atoms with Gasteiger partial charge >= 0.3 is 0 Å². The van der Waals surface area contributed by atoms with E-state index in [1.807, 2.05) is 0 Å². The largest absolute Gasteiger partial charge is 0.371 e. The first-order valence-electron chi connectivity index (χ1n) is 8.74. The van der Waals surface area contributed by atoms with Crippen LogP contribution in [0.25, 0.3) is 0 Å². The summed E-state index contributed by atoms with van der Waals surface area (Å²) >= 11 is 0. The fourth-order valence-electron chi connectivity index (χ4n) is 4.62. The highest BCUT2D eigenvalue weighted by molar-refractivity contribution is 5.46. The predicted octanol–water partition coefficient (Wildman–Crippen LogP) is 4.78. The molecule has 0 N–H and O–H groups in total. The van der Waals surface area contributed by atoms with Crippen molar-refractivity contribution in [3.05, 3.63) is 66.2 Å². The number of fused-ring (bicyclic) bond motifs is 2. The van der Waals surface area contributed by atoms with Gasteiger partial charge in [-0.3, -0.25) is 0 Å². The summed E-state index contributed by atoms with van der Waals surface area (Å²) in [6.45, 7) is 2.50. The summed E-state index contributed by atoms with van der Waals surface area (Å²) in [4.78, 5) is 2.63. The minimum Gasteiger partial charge on any atom is -0.371 e. The van der Waals surface area contributed by atoms with Crippen molar-refractivity contribution in [2.24, 2.45) is 17.8 Å². The van der Waals surface area contributed by atoms with Gasteiger partial charge in [0.15, 0.2) is 0 Å². The van der Waals surface area contributed by atoms with Gasteiger partial charge < -0.3 is 4.90 Å². The molecule has 0 aromatic heterocycles.